The first-order valence-electron chi connectivity index (χ1n) is 16.9. The van der Waals surface area contributed by atoms with Crippen LogP contribution in [0.15, 0.2) is 46.6 Å². The number of carbonyl (C=O) groups is 3. The molecule has 9 nitrogen and oxygen atoms in total. The number of carboxylic acid groups (broad SMARTS) is 1. The molecule has 0 aromatic heterocycles. The van der Waals surface area contributed by atoms with Gasteiger partial charge in [0.2, 0.25) is 0 Å². The minimum atomic E-state index is -1.70. The molecule has 4 unspecified atom stereocenters. The van der Waals surface area contributed by atoms with E-state index >= 15 is 4.79 Å². The Labute approximate surface area is 283 Å². The fourth-order valence-corrected chi connectivity index (χ4v) is 8.67. The number of benzene rings is 1. The van der Waals surface area contributed by atoms with E-state index in [4.69, 9.17) is 14.2 Å². The molecule has 6 atom stereocenters. The van der Waals surface area contributed by atoms with Crippen LogP contribution in [0.25, 0.3) is 0 Å². The predicted molar refractivity (Wildman–Crippen MR) is 182 cm³/mol. The van der Waals surface area contributed by atoms with Gasteiger partial charge in [-0.3, -0.25) is 9.59 Å². The highest BCUT2D eigenvalue weighted by Gasteiger charge is 2.85. The quantitative estimate of drug-likeness (QED) is 0.169. The molecular weight excluding hydrogens is 612 g/mol. The number of phenols is 2. The number of Topliss-reactive ketones (excluding diaryl/α,β-unsaturated/α-hetero) is 2. The third-order valence-electron chi connectivity index (χ3n) is 11.0. The number of aliphatic carboxylic acids is 1. The van der Waals surface area contributed by atoms with Crippen molar-refractivity contribution < 1.29 is 43.9 Å². The molecule has 5 aliphatic rings. The molecule has 260 valence electrons. The van der Waals surface area contributed by atoms with Crippen molar-refractivity contribution in [3.8, 4) is 17.2 Å². The topological polar surface area (TPSA) is 140 Å². The minimum absolute atomic E-state index is 0.0298. The Balaban J connectivity index is 1.75. The molecule has 3 aliphatic carbocycles. The number of rotatable bonds is 11. The van der Waals surface area contributed by atoms with E-state index in [1.807, 2.05) is 46.8 Å². The minimum Gasteiger partial charge on any atom is -0.507 e. The van der Waals surface area contributed by atoms with E-state index < -0.39 is 52.4 Å². The van der Waals surface area contributed by atoms with E-state index in [9.17, 15) is 24.9 Å². The van der Waals surface area contributed by atoms with E-state index in [2.05, 4.69) is 19.9 Å². The van der Waals surface area contributed by atoms with Gasteiger partial charge in [-0.25, -0.2) is 4.79 Å². The Morgan fingerprint density at radius 3 is 2.19 bits per heavy atom. The van der Waals surface area contributed by atoms with Gasteiger partial charge in [0.25, 0.3) is 0 Å². The molecule has 0 amide bonds. The predicted octanol–water partition coefficient (Wildman–Crippen LogP) is 6.97. The zero-order valence-corrected chi connectivity index (χ0v) is 29.7. The van der Waals surface area contributed by atoms with Crippen LogP contribution in [0.5, 0.6) is 17.2 Å². The van der Waals surface area contributed by atoms with Crippen LogP contribution in [0, 0.1) is 17.8 Å². The van der Waals surface area contributed by atoms with Gasteiger partial charge < -0.3 is 29.5 Å². The fraction of sp³-hybridized carbons (Fsp3) is 0.564. The second-order valence-electron chi connectivity index (χ2n) is 15.0. The Bertz CT molecular complexity index is 1670. The lowest BCUT2D eigenvalue weighted by atomic mass is 9.45. The van der Waals surface area contributed by atoms with Crippen LogP contribution in [0.1, 0.15) is 103 Å². The molecule has 9 heteroatoms. The van der Waals surface area contributed by atoms with E-state index in [0.29, 0.717) is 12.0 Å². The summed E-state index contributed by atoms with van der Waals surface area (Å²) in [6.07, 6.45) is 8.98. The average Bonchev–Trinajstić information content (AvgIpc) is 3.14. The van der Waals surface area contributed by atoms with Crippen LogP contribution < -0.4 is 4.74 Å². The Hall–Kier alpha value is -3.69. The van der Waals surface area contributed by atoms with Crippen molar-refractivity contribution in [3.63, 3.8) is 0 Å². The van der Waals surface area contributed by atoms with Crippen molar-refractivity contribution >= 4 is 17.5 Å². The summed E-state index contributed by atoms with van der Waals surface area (Å²) in [4.78, 5) is 41.4. The first-order valence-corrected chi connectivity index (χ1v) is 16.9. The number of phenolic OH excluding ortho intramolecular Hbond substituents is 2. The van der Waals surface area contributed by atoms with Crippen LogP contribution in [0.2, 0.25) is 0 Å². The molecule has 3 N–H and O–H groups in total. The van der Waals surface area contributed by atoms with Gasteiger partial charge in [0.1, 0.15) is 22.8 Å². The smallest absolute Gasteiger partial charge is 0.330 e. The summed E-state index contributed by atoms with van der Waals surface area (Å²) in [5.74, 6) is -4.50. The Kier molecular flexibility index (Phi) is 9.38. The molecule has 2 aliphatic heterocycles. The summed E-state index contributed by atoms with van der Waals surface area (Å²) in [7, 11) is 1.47. The highest BCUT2D eigenvalue weighted by molar-refractivity contribution is 6.09. The number of hydrogen-bond acceptors (Lipinski definition) is 8. The summed E-state index contributed by atoms with van der Waals surface area (Å²) in [6.45, 7) is 15.1. The molecule has 1 aromatic rings. The number of aromatic hydroxyl groups is 2. The molecule has 1 spiro atoms. The van der Waals surface area contributed by atoms with Gasteiger partial charge in [-0.1, -0.05) is 41.0 Å². The maximum Gasteiger partial charge on any atom is 0.330 e. The molecule has 4 bridgehead atoms. The first-order chi connectivity index (χ1) is 22.4. The standard InChI is InChI=1S/C39H50O9/c1-20(2)11-10-12-22(5)14-16-24-30(40)25(15-13-21(3)4)33-28(31(24)41)32(42)29-34(46-9)26-19-27-37(7,8)48-38(35(26)43,39(27,29)47-33)18-17-23(6)36(44)45/h11,13-14,17,26-27,29,34,40-41H,10,12,15-16,18-19H2,1-9H3,(H,44,45)/t26-,27?,29?,34?,38?,39-/m0/s1. The second-order valence-corrected chi connectivity index (χ2v) is 15.0. The number of ether oxygens (including phenoxy) is 3. The number of ketones is 2. The van der Waals surface area contributed by atoms with Crippen molar-refractivity contribution in [1.82, 2.24) is 0 Å². The van der Waals surface area contributed by atoms with E-state index in [-0.39, 0.29) is 59.0 Å². The molecule has 48 heavy (non-hydrogen) atoms. The van der Waals surface area contributed by atoms with Gasteiger partial charge >= 0.3 is 5.97 Å². The number of methoxy groups -OCH3 is 1. The van der Waals surface area contributed by atoms with Gasteiger partial charge in [0, 0.05) is 42.1 Å². The van der Waals surface area contributed by atoms with Gasteiger partial charge in [-0.05, 0) is 87.5 Å². The average molecular weight is 663 g/mol. The van der Waals surface area contributed by atoms with Crippen molar-refractivity contribution in [3.05, 3.63) is 63.3 Å². The van der Waals surface area contributed by atoms with Gasteiger partial charge in [0.15, 0.2) is 22.8 Å². The molecular formula is C39H50O9. The summed E-state index contributed by atoms with van der Waals surface area (Å²) in [5.41, 5.74) is -0.320. The van der Waals surface area contributed by atoms with Crippen molar-refractivity contribution in [2.24, 2.45) is 17.8 Å². The number of carbonyl (C=O) groups excluding carboxylic acids is 2. The molecule has 2 heterocycles. The van der Waals surface area contributed by atoms with Crippen LogP contribution >= 0.6 is 0 Å². The molecule has 6 rings (SSSR count). The molecule has 1 aromatic carbocycles. The van der Waals surface area contributed by atoms with Crippen molar-refractivity contribution in [1.29, 1.82) is 0 Å². The lowest BCUT2D eigenvalue weighted by molar-refractivity contribution is -0.224. The molecule has 3 saturated carbocycles. The number of hydrogen-bond donors (Lipinski definition) is 3. The normalized spacial score (nSPS) is 30.0. The first kappa shape index (κ1) is 35.6. The molecule has 0 radical (unpaired) electrons. The zero-order chi connectivity index (χ0) is 35.5. The lowest BCUT2D eigenvalue weighted by Gasteiger charge is -2.62. The number of carboxylic acids is 1. The summed E-state index contributed by atoms with van der Waals surface area (Å²) in [5, 5.41) is 33.3. The Morgan fingerprint density at radius 1 is 0.938 bits per heavy atom. The SMILES string of the molecule is COC1C2C(=O)c3c(O)c(CC=C(C)CCC=C(C)C)c(O)c(CC=C(C)C)c3O[C@@]23C2C[C@@H]1C(=O)C3(CC=C(C)C(=O)O)OC2(C)C. The van der Waals surface area contributed by atoms with Crippen LogP contribution in [-0.2, 0) is 31.9 Å². The summed E-state index contributed by atoms with van der Waals surface area (Å²) in [6, 6.07) is 0. The van der Waals surface area contributed by atoms with Crippen molar-refractivity contribution in [2.45, 2.75) is 117 Å². The van der Waals surface area contributed by atoms with Gasteiger partial charge in [-0.2, -0.15) is 0 Å². The van der Waals surface area contributed by atoms with Crippen LogP contribution in [0.3, 0.4) is 0 Å². The van der Waals surface area contributed by atoms with Gasteiger partial charge in [-0.15, -0.1) is 0 Å². The molecule has 4 fully saturated rings. The van der Waals surface area contributed by atoms with E-state index in [0.717, 1.165) is 24.0 Å². The lowest BCUT2D eigenvalue weighted by Crippen LogP contribution is -2.80. The number of fused-ring (bicyclic) bond motifs is 1. The van der Waals surface area contributed by atoms with Gasteiger partial charge in [0.05, 0.1) is 17.6 Å². The number of allylic oxidation sites excluding steroid dienone is 6. The fourth-order valence-electron chi connectivity index (χ4n) is 8.67. The third kappa shape index (κ3) is 5.34. The second kappa shape index (κ2) is 12.6. The van der Waals surface area contributed by atoms with Crippen LogP contribution in [-0.4, -0.2) is 62.9 Å². The Morgan fingerprint density at radius 2 is 1.58 bits per heavy atom. The molecule has 1 saturated heterocycles. The summed E-state index contributed by atoms with van der Waals surface area (Å²) >= 11 is 0. The van der Waals surface area contributed by atoms with Crippen LogP contribution in [0.4, 0.5) is 0 Å². The maximum atomic E-state index is 15.0. The van der Waals surface area contributed by atoms with E-state index in [1.165, 1.54) is 25.7 Å². The highest BCUT2D eigenvalue weighted by atomic mass is 16.6. The largest absolute Gasteiger partial charge is 0.507 e. The maximum absolute atomic E-state index is 15.0. The summed E-state index contributed by atoms with van der Waals surface area (Å²) < 4.78 is 19.7. The zero-order valence-electron chi connectivity index (χ0n) is 29.7. The van der Waals surface area contributed by atoms with E-state index in [1.54, 1.807) is 0 Å². The van der Waals surface area contributed by atoms with Crippen molar-refractivity contribution in [2.75, 3.05) is 7.11 Å². The highest BCUT2D eigenvalue weighted by Crippen LogP contribution is 2.70. The third-order valence-corrected chi connectivity index (χ3v) is 11.0. The monoisotopic (exact) mass is 662 g/mol.